The smallest absolute Gasteiger partial charge is 0.323 e. The number of carbonyl (C=O) groups excluding carboxylic acids is 1. The molecular weight excluding hydrogens is 251 g/mol. The summed E-state index contributed by atoms with van der Waals surface area (Å²) in [6.45, 7) is 0.574. The standard InChI is InChI=1S/C10H12F3N3O2/c1-9(14,10(11,12)13)8(18)15-6-3-4-7(17)16(2)5-6/h3-5H,14H2,1-2H3,(H,15,18). The van der Waals surface area contributed by atoms with E-state index in [0.29, 0.717) is 6.92 Å². The fourth-order valence-corrected chi connectivity index (χ4v) is 1.06. The Kier molecular flexibility index (Phi) is 3.52. The second-order valence-corrected chi connectivity index (χ2v) is 4.02. The van der Waals surface area contributed by atoms with Gasteiger partial charge in [0.05, 0.1) is 5.69 Å². The Balaban J connectivity index is 2.95. The average molecular weight is 263 g/mol. The van der Waals surface area contributed by atoms with Crippen LogP contribution in [0.3, 0.4) is 0 Å². The van der Waals surface area contributed by atoms with Crippen LogP contribution in [0.4, 0.5) is 18.9 Å². The minimum atomic E-state index is -4.86. The molecule has 1 aromatic heterocycles. The maximum atomic E-state index is 12.5. The highest BCUT2D eigenvalue weighted by atomic mass is 19.4. The molecule has 1 rings (SSSR count). The van der Waals surface area contributed by atoms with Crippen LogP contribution in [0.5, 0.6) is 0 Å². The molecule has 0 aliphatic carbocycles. The zero-order chi connectivity index (χ0) is 14.1. The fraction of sp³-hybridized carbons (Fsp3) is 0.400. The third kappa shape index (κ3) is 2.70. The summed E-state index contributed by atoms with van der Waals surface area (Å²) in [7, 11) is 1.41. The molecular formula is C10H12F3N3O2. The van der Waals surface area contributed by atoms with E-state index in [9.17, 15) is 22.8 Å². The molecule has 1 unspecified atom stereocenters. The first-order valence-electron chi connectivity index (χ1n) is 4.89. The number of nitrogens with two attached hydrogens (primary N) is 1. The molecule has 1 heterocycles. The predicted molar refractivity (Wildman–Crippen MR) is 59.0 cm³/mol. The number of nitrogens with zero attached hydrogens (tertiary/aromatic N) is 1. The summed E-state index contributed by atoms with van der Waals surface area (Å²) < 4.78 is 38.6. The van der Waals surface area contributed by atoms with E-state index in [1.807, 2.05) is 5.32 Å². The van der Waals surface area contributed by atoms with E-state index in [1.54, 1.807) is 0 Å². The summed E-state index contributed by atoms with van der Waals surface area (Å²) >= 11 is 0. The summed E-state index contributed by atoms with van der Waals surface area (Å²) in [6.07, 6.45) is -3.66. The lowest BCUT2D eigenvalue weighted by molar-refractivity contribution is -0.184. The van der Waals surface area contributed by atoms with E-state index < -0.39 is 17.6 Å². The summed E-state index contributed by atoms with van der Waals surface area (Å²) in [4.78, 5) is 22.5. The molecule has 0 fully saturated rings. The van der Waals surface area contributed by atoms with Crippen LogP contribution in [-0.4, -0.2) is 22.2 Å². The molecule has 1 amide bonds. The summed E-state index contributed by atoms with van der Waals surface area (Å²) in [6, 6.07) is 2.32. The van der Waals surface area contributed by atoms with Crippen molar-refractivity contribution < 1.29 is 18.0 Å². The van der Waals surface area contributed by atoms with Gasteiger partial charge < -0.3 is 15.6 Å². The van der Waals surface area contributed by atoms with Crippen molar-refractivity contribution >= 4 is 11.6 Å². The van der Waals surface area contributed by atoms with Gasteiger partial charge in [0.15, 0.2) is 5.54 Å². The number of aromatic nitrogens is 1. The van der Waals surface area contributed by atoms with Gasteiger partial charge in [-0.1, -0.05) is 0 Å². The Morgan fingerprint density at radius 1 is 1.39 bits per heavy atom. The number of hydrogen-bond acceptors (Lipinski definition) is 3. The molecule has 1 aromatic rings. The number of amides is 1. The second-order valence-electron chi connectivity index (χ2n) is 4.02. The number of nitrogens with one attached hydrogen (secondary N) is 1. The number of pyridine rings is 1. The first-order valence-corrected chi connectivity index (χ1v) is 4.89. The van der Waals surface area contributed by atoms with Crippen molar-refractivity contribution in [1.82, 2.24) is 4.57 Å². The fourth-order valence-electron chi connectivity index (χ4n) is 1.06. The number of alkyl halides is 3. The van der Waals surface area contributed by atoms with Crippen LogP contribution in [0.15, 0.2) is 23.1 Å². The predicted octanol–water partition coefficient (Wildman–Crippen LogP) is 0.604. The summed E-state index contributed by atoms with van der Waals surface area (Å²) in [5.74, 6) is -1.39. The lowest BCUT2D eigenvalue weighted by Gasteiger charge is -2.26. The molecule has 0 aromatic carbocycles. The van der Waals surface area contributed by atoms with E-state index in [-0.39, 0.29) is 11.2 Å². The van der Waals surface area contributed by atoms with Gasteiger partial charge in [0, 0.05) is 19.3 Å². The quantitative estimate of drug-likeness (QED) is 0.820. The van der Waals surface area contributed by atoms with E-state index in [1.165, 1.54) is 19.3 Å². The van der Waals surface area contributed by atoms with E-state index in [0.717, 1.165) is 10.6 Å². The highest BCUT2D eigenvalue weighted by Crippen LogP contribution is 2.28. The molecule has 0 spiro atoms. The molecule has 18 heavy (non-hydrogen) atoms. The SMILES string of the molecule is Cn1cc(NC(=O)C(C)(N)C(F)(F)F)ccc1=O. The molecule has 5 nitrogen and oxygen atoms in total. The molecule has 0 aliphatic heterocycles. The van der Waals surface area contributed by atoms with Crippen LogP contribution in [-0.2, 0) is 11.8 Å². The van der Waals surface area contributed by atoms with Gasteiger partial charge in [0.25, 0.3) is 5.91 Å². The monoisotopic (exact) mass is 263 g/mol. The topological polar surface area (TPSA) is 77.1 Å². The van der Waals surface area contributed by atoms with Gasteiger partial charge in [-0.05, 0) is 13.0 Å². The molecule has 0 saturated heterocycles. The normalized spacial score (nSPS) is 15.0. The molecule has 1 atom stereocenters. The van der Waals surface area contributed by atoms with Crippen LogP contribution >= 0.6 is 0 Å². The average Bonchev–Trinajstić information content (AvgIpc) is 2.21. The molecule has 0 bridgehead atoms. The van der Waals surface area contributed by atoms with Gasteiger partial charge in [-0.2, -0.15) is 13.2 Å². The largest absolute Gasteiger partial charge is 0.415 e. The van der Waals surface area contributed by atoms with Gasteiger partial charge in [0.1, 0.15) is 0 Å². The Labute approximate surface area is 100 Å². The number of aryl methyl sites for hydroxylation is 1. The van der Waals surface area contributed by atoms with Gasteiger partial charge >= 0.3 is 6.18 Å². The van der Waals surface area contributed by atoms with Gasteiger partial charge in [-0.15, -0.1) is 0 Å². The van der Waals surface area contributed by atoms with Crippen molar-refractivity contribution in [3.8, 4) is 0 Å². The first kappa shape index (κ1) is 14.2. The number of rotatable bonds is 2. The number of hydrogen-bond donors (Lipinski definition) is 2. The van der Waals surface area contributed by atoms with Crippen molar-refractivity contribution in [2.45, 2.75) is 18.6 Å². The van der Waals surface area contributed by atoms with Gasteiger partial charge in [-0.25, -0.2) is 0 Å². The van der Waals surface area contributed by atoms with Crippen LogP contribution in [0, 0.1) is 0 Å². The van der Waals surface area contributed by atoms with E-state index in [2.05, 4.69) is 0 Å². The van der Waals surface area contributed by atoms with Crippen molar-refractivity contribution in [3.05, 3.63) is 28.7 Å². The van der Waals surface area contributed by atoms with Crippen LogP contribution < -0.4 is 16.6 Å². The van der Waals surface area contributed by atoms with Crippen LogP contribution in [0.2, 0.25) is 0 Å². The van der Waals surface area contributed by atoms with Crippen LogP contribution in [0.1, 0.15) is 6.92 Å². The van der Waals surface area contributed by atoms with Gasteiger partial charge in [-0.3, -0.25) is 9.59 Å². The number of halogens is 3. The molecule has 0 saturated carbocycles. The zero-order valence-corrected chi connectivity index (χ0v) is 9.71. The van der Waals surface area contributed by atoms with Crippen molar-refractivity contribution in [2.24, 2.45) is 12.8 Å². The lowest BCUT2D eigenvalue weighted by atomic mass is 10.0. The lowest BCUT2D eigenvalue weighted by Crippen LogP contribution is -2.59. The maximum absolute atomic E-state index is 12.5. The Hall–Kier alpha value is -1.83. The van der Waals surface area contributed by atoms with Crippen molar-refractivity contribution in [1.29, 1.82) is 0 Å². The minimum Gasteiger partial charge on any atom is -0.323 e. The molecule has 8 heteroatoms. The highest BCUT2D eigenvalue weighted by Gasteiger charge is 2.53. The number of carbonyl (C=O) groups is 1. The van der Waals surface area contributed by atoms with Crippen LogP contribution in [0.25, 0.3) is 0 Å². The third-order valence-electron chi connectivity index (χ3n) is 2.40. The molecule has 0 aliphatic rings. The van der Waals surface area contributed by atoms with Crippen molar-refractivity contribution in [3.63, 3.8) is 0 Å². The van der Waals surface area contributed by atoms with Gasteiger partial charge in [0.2, 0.25) is 5.56 Å². The Bertz CT molecular complexity index is 520. The Morgan fingerprint density at radius 3 is 2.39 bits per heavy atom. The molecule has 3 N–H and O–H groups in total. The number of anilines is 1. The zero-order valence-electron chi connectivity index (χ0n) is 9.71. The first-order chi connectivity index (χ1) is 8.05. The van der Waals surface area contributed by atoms with E-state index >= 15 is 0 Å². The van der Waals surface area contributed by atoms with Crippen molar-refractivity contribution in [2.75, 3.05) is 5.32 Å². The summed E-state index contributed by atoms with van der Waals surface area (Å²) in [5.41, 5.74) is 1.66. The summed E-state index contributed by atoms with van der Waals surface area (Å²) in [5, 5.41) is 2.01. The second kappa shape index (κ2) is 4.45. The highest BCUT2D eigenvalue weighted by molar-refractivity contribution is 5.98. The molecule has 0 radical (unpaired) electrons. The Morgan fingerprint density at radius 2 is 1.94 bits per heavy atom. The minimum absolute atomic E-state index is 0.0584. The molecule has 100 valence electrons. The van der Waals surface area contributed by atoms with E-state index in [4.69, 9.17) is 5.73 Å². The maximum Gasteiger partial charge on any atom is 0.415 e. The third-order valence-corrected chi connectivity index (χ3v) is 2.40.